The summed E-state index contributed by atoms with van der Waals surface area (Å²) in [6, 6.07) is 9.99. The fraction of sp³-hybridized carbons (Fsp3) is 0.500. The Kier molecular flexibility index (Phi) is 3.58. The molecule has 1 aliphatic carbocycles. The minimum absolute atomic E-state index is 0.146. The van der Waals surface area contributed by atoms with Crippen molar-refractivity contribution >= 4 is 0 Å². The van der Waals surface area contributed by atoms with Gasteiger partial charge in [-0.1, -0.05) is 31.4 Å². The summed E-state index contributed by atoms with van der Waals surface area (Å²) >= 11 is 0. The second-order valence-corrected chi connectivity index (χ2v) is 4.66. The second-order valence-electron chi connectivity index (χ2n) is 4.66. The van der Waals surface area contributed by atoms with Crippen molar-refractivity contribution in [1.29, 1.82) is 5.26 Å². The Morgan fingerprint density at radius 1 is 1.12 bits per heavy atom. The zero-order chi connectivity index (χ0) is 11.4. The van der Waals surface area contributed by atoms with E-state index in [0.717, 1.165) is 0 Å². The van der Waals surface area contributed by atoms with Crippen molar-refractivity contribution in [2.45, 2.75) is 38.1 Å². The highest BCUT2D eigenvalue weighted by atomic mass is 14.7. The van der Waals surface area contributed by atoms with Crippen LogP contribution in [0.4, 0.5) is 0 Å². The molecule has 2 heteroatoms. The van der Waals surface area contributed by atoms with Crippen molar-refractivity contribution in [3.05, 3.63) is 35.4 Å². The van der Waals surface area contributed by atoms with E-state index in [-0.39, 0.29) is 6.04 Å². The van der Waals surface area contributed by atoms with E-state index in [1.165, 1.54) is 37.7 Å². The highest BCUT2D eigenvalue weighted by Crippen LogP contribution is 2.32. The van der Waals surface area contributed by atoms with Crippen LogP contribution in [0.3, 0.4) is 0 Å². The SMILES string of the molecule is N#Cc1ccc([C@@H](N)C2CCCCC2)cc1. The molecular weight excluding hydrogens is 196 g/mol. The predicted molar refractivity (Wildman–Crippen MR) is 64.7 cm³/mol. The highest BCUT2D eigenvalue weighted by molar-refractivity contribution is 5.33. The molecular formula is C14H18N2. The maximum atomic E-state index is 8.73. The van der Waals surface area contributed by atoms with Gasteiger partial charge in [-0.25, -0.2) is 0 Å². The number of hydrogen-bond acceptors (Lipinski definition) is 2. The number of benzene rings is 1. The molecule has 1 aromatic carbocycles. The first-order valence-electron chi connectivity index (χ1n) is 6.07. The fourth-order valence-electron chi connectivity index (χ4n) is 2.55. The molecule has 84 valence electrons. The van der Waals surface area contributed by atoms with Gasteiger partial charge >= 0.3 is 0 Å². The van der Waals surface area contributed by atoms with Gasteiger partial charge in [-0.05, 0) is 36.5 Å². The monoisotopic (exact) mass is 214 g/mol. The molecule has 0 heterocycles. The van der Waals surface area contributed by atoms with Crippen molar-refractivity contribution in [3.63, 3.8) is 0 Å². The molecule has 0 amide bonds. The Morgan fingerprint density at radius 2 is 1.75 bits per heavy atom. The maximum absolute atomic E-state index is 8.73. The van der Waals surface area contributed by atoms with Crippen LogP contribution in [0.15, 0.2) is 24.3 Å². The van der Waals surface area contributed by atoms with Crippen LogP contribution in [0.25, 0.3) is 0 Å². The first-order valence-corrected chi connectivity index (χ1v) is 6.07. The molecule has 1 saturated carbocycles. The first kappa shape index (κ1) is 11.2. The summed E-state index contributed by atoms with van der Waals surface area (Å²) in [5.74, 6) is 0.627. The van der Waals surface area contributed by atoms with E-state index in [1.54, 1.807) is 0 Å². The zero-order valence-electron chi connectivity index (χ0n) is 9.52. The average Bonchev–Trinajstić information content (AvgIpc) is 2.39. The molecule has 1 fully saturated rings. The number of hydrogen-bond donors (Lipinski definition) is 1. The molecule has 0 spiro atoms. The van der Waals surface area contributed by atoms with Crippen LogP contribution < -0.4 is 5.73 Å². The maximum Gasteiger partial charge on any atom is 0.0991 e. The molecule has 2 rings (SSSR count). The van der Waals surface area contributed by atoms with Crippen molar-refractivity contribution < 1.29 is 0 Å². The lowest BCUT2D eigenvalue weighted by Gasteiger charge is -2.27. The van der Waals surface area contributed by atoms with E-state index in [1.807, 2.05) is 24.3 Å². The summed E-state index contributed by atoms with van der Waals surface area (Å²) in [6.07, 6.45) is 6.49. The minimum atomic E-state index is 0.146. The molecule has 0 aromatic heterocycles. The molecule has 16 heavy (non-hydrogen) atoms. The van der Waals surface area contributed by atoms with Crippen LogP contribution in [-0.4, -0.2) is 0 Å². The van der Waals surface area contributed by atoms with E-state index in [9.17, 15) is 0 Å². The van der Waals surface area contributed by atoms with Gasteiger partial charge in [0.25, 0.3) is 0 Å². The van der Waals surface area contributed by atoms with Gasteiger partial charge in [0.1, 0.15) is 0 Å². The third-order valence-electron chi connectivity index (χ3n) is 3.58. The summed E-state index contributed by atoms with van der Waals surface area (Å²) in [5.41, 5.74) is 8.16. The Morgan fingerprint density at radius 3 is 2.31 bits per heavy atom. The lowest BCUT2D eigenvalue weighted by atomic mass is 9.81. The molecule has 0 aliphatic heterocycles. The van der Waals surface area contributed by atoms with Crippen molar-refractivity contribution in [1.82, 2.24) is 0 Å². The molecule has 1 aromatic rings. The summed E-state index contributed by atoms with van der Waals surface area (Å²) < 4.78 is 0. The molecule has 0 radical (unpaired) electrons. The molecule has 1 atom stereocenters. The van der Waals surface area contributed by atoms with E-state index in [0.29, 0.717) is 11.5 Å². The van der Waals surface area contributed by atoms with Crippen LogP contribution in [0.1, 0.15) is 49.3 Å². The highest BCUT2D eigenvalue weighted by Gasteiger charge is 2.21. The molecule has 1 aliphatic rings. The zero-order valence-corrected chi connectivity index (χ0v) is 9.52. The third kappa shape index (κ3) is 2.43. The standard InChI is InChI=1S/C14H18N2/c15-10-11-6-8-13(9-7-11)14(16)12-4-2-1-3-5-12/h6-9,12,14H,1-5,16H2/t14-/m0/s1. The van der Waals surface area contributed by atoms with Gasteiger partial charge in [0.2, 0.25) is 0 Å². The molecule has 2 nitrogen and oxygen atoms in total. The number of nitrogens with zero attached hydrogens (tertiary/aromatic N) is 1. The van der Waals surface area contributed by atoms with Gasteiger partial charge in [-0.2, -0.15) is 5.26 Å². The minimum Gasteiger partial charge on any atom is -0.324 e. The van der Waals surface area contributed by atoms with Crippen molar-refractivity contribution in [2.75, 3.05) is 0 Å². The smallest absolute Gasteiger partial charge is 0.0991 e. The fourth-order valence-corrected chi connectivity index (χ4v) is 2.55. The number of rotatable bonds is 2. The van der Waals surface area contributed by atoms with Crippen LogP contribution in [0.2, 0.25) is 0 Å². The van der Waals surface area contributed by atoms with Crippen LogP contribution in [0.5, 0.6) is 0 Å². The second kappa shape index (κ2) is 5.14. The summed E-state index contributed by atoms with van der Waals surface area (Å²) in [7, 11) is 0. The summed E-state index contributed by atoms with van der Waals surface area (Å²) in [5, 5.41) is 8.73. The van der Waals surface area contributed by atoms with E-state index < -0.39 is 0 Å². The van der Waals surface area contributed by atoms with Crippen molar-refractivity contribution in [3.8, 4) is 6.07 Å². The Hall–Kier alpha value is -1.33. The van der Waals surface area contributed by atoms with Gasteiger partial charge < -0.3 is 5.73 Å². The average molecular weight is 214 g/mol. The largest absolute Gasteiger partial charge is 0.324 e. The van der Waals surface area contributed by atoms with Crippen molar-refractivity contribution in [2.24, 2.45) is 11.7 Å². The molecule has 0 saturated heterocycles. The van der Waals surface area contributed by atoms with Gasteiger partial charge in [0.15, 0.2) is 0 Å². The Bertz CT molecular complexity index is 369. The van der Waals surface area contributed by atoms with Crippen LogP contribution in [-0.2, 0) is 0 Å². The Balaban J connectivity index is 2.07. The lowest BCUT2D eigenvalue weighted by molar-refractivity contribution is 0.308. The van der Waals surface area contributed by atoms with E-state index >= 15 is 0 Å². The van der Waals surface area contributed by atoms with Gasteiger partial charge in [-0.15, -0.1) is 0 Å². The topological polar surface area (TPSA) is 49.8 Å². The quantitative estimate of drug-likeness (QED) is 0.822. The van der Waals surface area contributed by atoms with Gasteiger partial charge in [0, 0.05) is 6.04 Å². The first-order chi connectivity index (χ1) is 7.81. The predicted octanol–water partition coefficient (Wildman–Crippen LogP) is 3.14. The third-order valence-corrected chi connectivity index (χ3v) is 3.58. The van der Waals surface area contributed by atoms with E-state index in [4.69, 9.17) is 11.0 Å². The van der Waals surface area contributed by atoms with E-state index in [2.05, 4.69) is 6.07 Å². The Labute approximate surface area is 97.1 Å². The number of nitrogens with two attached hydrogens (primary N) is 1. The van der Waals surface area contributed by atoms with Crippen LogP contribution >= 0.6 is 0 Å². The lowest BCUT2D eigenvalue weighted by Crippen LogP contribution is -2.23. The molecule has 0 bridgehead atoms. The number of nitriles is 1. The summed E-state index contributed by atoms with van der Waals surface area (Å²) in [6.45, 7) is 0. The normalized spacial score (nSPS) is 19.0. The van der Waals surface area contributed by atoms with Crippen LogP contribution in [0, 0.1) is 17.2 Å². The summed E-state index contributed by atoms with van der Waals surface area (Å²) in [4.78, 5) is 0. The molecule has 0 unspecified atom stereocenters. The molecule has 2 N–H and O–H groups in total. The van der Waals surface area contributed by atoms with Gasteiger partial charge in [-0.3, -0.25) is 0 Å². The van der Waals surface area contributed by atoms with Gasteiger partial charge in [0.05, 0.1) is 11.6 Å².